The van der Waals surface area contributed by atoms with Crippen LogP contribution in [0.15, 0.2) is 42.5 Å². The van der Waals surface area contributed by atoms with Crippen molar-refractivity contribution >= 4 is 33.9 Å². The van der Waals surface area contributed by atoms with Crippen molar-refractivity contribution in [2.24, 2.45) is 0 Å². The van der Waals surface area contributed by atoms with Crippen LogP contribution in [0.4, 0.5) is 11.5 Å². The van der Waals surface area contributed by atoms with Crippen LogP contribution >= 0.6 is 11.6 Å². The molecule has 0 atom stereocenters. The third kappa shape index (κ3) is 5.19. The highest BCUT2D eigenvalue weighted by Gasteiger charge is 2.21. The molecular formula is C25H31ClN4O2. The van der Waals surface area contributed by atoms with E-state index in [9.17, 15) is 0 Å². The molecule has 2 heterocycles. The number of nitrogens with two attached hydrogens (primary N) is 1. The number of nitrogens with zero attached hydrogens (tertiary/aromatic N) is 2. The molecule has 1 aromatic heterocycles. The number of likely N-dealkylation sites (tertiary alicyclic amines) is 1. The number of fused-ring (bicyclic) bond motifs is 1. The van der Waals surface area contributed by atoms with E-state index < -0.39 is 0 Å². The Kier molecular flexibility index (Phi) is 7.22. The predicted octanol–water partition coefficient (Wildman–Crippen LogP) is 5.34. The van der Waals surface area contributed by atoms with E-state index >= 15 is 0 Å². The molecule has 7 heteroatoms. The van der Waals surface area contributed by atoms with Crippen LogP contribution in [-0.2, 0) is 6.54 Å². The Morgan fingerprint density at radius 2 is 1.72 bits per heavy atom. The molecule has 6 nitrogen and oxygen atoms in total. The molecule has 170 valence electrons. The van der Waals surface area contributed by atoms with Gasteiger partial charge < -0.3 is 20.5 Å². The first-order valence-corrected chi connectivity index (χ1v) is 11.7. The van der Waals surface area contributed by atoms with Gasteiger partial charge in [-0.3, -0.25) is 4.90 Å². The normalized spacial score (nSPS) is 15.1. The van der Waals surface area contributed by atoms with E-state index in [4.69, 9.17) is 26.8 Å². The Balaban J connectivity index is 1.41. The van der Waals surface area contributed by atoms with Crippen molar-refractivity contribution in [3.05, 3.63) is 53.2 Å². The lowest BCUT2D eigenvalue weighted by Gasteiger charge is -2.33. The van der Waals surface area contributed by atoms with Gasteiger partial charge in [0.05, 0.1) is 13.2 Å². The van der Waals surface area contributed by atoms with Gasteiger partial charge in [0.2, 0.25) is 0 Å². The Hall–Kier alpha value is -2.70. The van der Waals surface area contributed by atoms with E-state index in [0.29, 0.717) is 41.6 Å². The highest BCUT2D eigenvalue weighted by molar-refractivity contribution is 6.30. The molecule has 1 aliphatic heterocycles. The summed E-state index contributed by atoms with van der Waals surface area (Å²) in [5.74, 6) is 2.26. The van der Waals surface area contributed by atoms with Crippen molar-refractivity contribution in [2.75, 3.05) is 37.4 Å². The van der Waals surface area contributed by atoms with Crippen molar-refractivity contribution in [2.45, 2.75) is 39.3 Å². The van der Waals surface area contributed by atoms with Crippen molar-refractivity contribution in [1.29, 1.82) is 0 Å². The second-order valence-corrected chi connectivity index (χ2v) is 8.47. The molecule has 0 amide bonds. The number of piperidine rings is 1. The topological polar surface area (TPSA) is 72.6 Å². The third-order valence-corrected chi connectivity index (χ3v) is 6.00. The van der Waals surface area contributed by atoms with Crippen LogP contribution in [0, 0.1) is 0 Å². The molecule has 3 aromatic rings. The van der Waals surface area contributed by atoms with E-state index in [0.717, 1.165) is 54.6 Å². The number of halogens is 1. The van der Waals surface area contributed by atoms with Gasteiger partial charge in [-0.05, 0) is 55.8 Å². The van der Waals surface area contributed by atoms with E-state index in [-0.39, 0.29) is 0 Å². The highest BCUT2D eigenvalue weighted by atomic mass is 35.5. The third-order valence-electron chi connectivity index (χ3n) is 5.81. The van der Waals surface area contributed by atoms with Gasteiger partial charge in [-0.2, -0.15) is 0 Å². The van der Waals surface area contributed by atoms with Crippen LogP contribution < -0.4 is 20.5 Å². The minimum Gasteiger partial charge on any atom is -0.492 e. The van der Waals surface area contributed by atoms with Crippen LogP contribution in [0.25, 0.3) is 10.8 Å². The standard InChI is InChI=1S/C25H31ClN4O2/c1-3-31-21-13-17(14-22(24(21)27)32-4-2)16-30-11-9-19(10-12-30)28-25-20-8-6-5-7-18(20)15-23(26)29-25/h5-8,13-15,19H,3-4,9-12,16,27H2,1-2H3,(H,28,29). The molecule has 4 rings (SSSR count). The van der Waals surface area contributed by atoms with Gasteiger partial charge in [-0.25, -0.2) is 4.98 Å². The molecule has 0 saturated carbocycles. The number of aromatic nitrogens is 1. The number of anilines is 2. The first-order chi connectivity index (χ1) is 15.6. The Labute approximate surface area is 194 Å². The minimum absolute atomic E-state index is 0.366. The number of pyridine rings is 1. The number of nitrogens with one attached hydrogen (secondary N) is 1. The maximum atomic E-state index is 6.25. The molecule has 1 aliphatic rings. The smallest absolute Gasteiger partial charge is 0.146 e. The first-order valence-electron chi connectivity index (χ1n) is 11.3. The van der Waals surface area contributed by atoms with Gasteiger partial charge in [-0.15, -0.1) is 0 Å². The Bertz CT molecular complexity index is 1040. The summed E-state index contributed by atoms with van der Waals surface area (Å²) in [6, 6.07) is 14.5. The average Bonchev–Trinajstić information content (AvgIpc) is 2.78. The average molecular weight is 455 g/mol. The summed E-state index contributed by atoms with van der Waals surface area (Å²) in [7, 11) is 0. The fourth-order valence-electron chi connectivity index (χ4n) is 4.26. The lowest BCUT2D eigenvalue weighted by atomic mass is 10.0. The minimum atomic E-state index is 0.366. The molecule has 0 spiro atoms. The maximum Gasteiger partial charge on any atom is 0.146 e. The van der Waals surface area contributed by atoms with Crippen LogP contribution in [0.3, 0.4) is 0 Å². The number of benzene rings is 2. The van der Waals surface area contributed by atoms with E-state index in [1.165, 1.54) is 0 Å². The van der Waals surface area contributed by atoms with Gasteiger partial charge in [0.25, 0.3) is 0 Å². The monoisotopic (exact) mass is 454 g/mol. The molecule has 1 fully saturated rings. The van der Waals surface area contributed by atoms with Gasteiger partial charge in [0, 0.05) is 31.1 Å². The van der Waals surface area contributed by atoms with Gasteiger partial charge >= 0.3 is 0 Å². The number of nitrogen functional groups attached to an aromatic ring is 1. The van der Waals surface area contributed by atoms with Crippen molar-refractivity contribution in [3.8, 4) is 11.5 Å². The van der Waals surface area contributed by atoms with Crippen molar-refractivity contribution in [1.82, 2.24) is 9.88 Å². The lowest BCUT2D eigenvalue weighted by molar-refractivity contribution is 0.210. The largest absolute Gasteiger partial charge is 0.492 e. The SMILES string of the molecule is CCOc1cc(CN2CCC(Nc3nc(Cl)cc4ccccc34)CC2)cc(OCC)c1N. The summed E-state index contributed by atoms with van der Waals surface area (Å²) in [6.45, 7) is 7.89. The number of hydrogen-bond acceptors (Lipinski definition) is 6. The van der Waals surface area contributed by atoms with Gasteiger partial charge in [0.1, 0.15) is 28.2 Å². The fraction of sp³-hybridized carbons (Fsp3) is 0.400. The van der Waals surface area contributed by atoms with E-state index in [2.05, 4.69) is 27.3 Å². The fourth-order valence-corrected chi connectivity index (χ4v) is 4.46. The van der Waals surface area contributed by atoms with Crippen LogP contribution in [0.5, 0.6) is 11.5 Å². The summed E-state index contributed by atoms with van der Waals surface area (Å²) in [6.07, 6.45) is 2.07. The van der Waals surface area contributed by atoms with Gasteiger partial charge in [-0.1, -0.05) is 35.9 Å². The molecule has 0 bridgehead atoms. The zero-order valence-corrected chi connectivity index (χ0v) is 19.5. The van der Waals surface area contributed by atoms with E-state index in [1.54, 1.807) is 0 Å². The zero-order chi connectivity index (χ0) is 22.5. The van der Waals surface area contributed by atoms with E-state index in [1.807, 2.05) is 44.2 Å². The quantitative estimate of drug-likeness (QED) is 0.353. The second-order valence-electron chi connectivity index (χ2n) is 8.08. The van der Waals surface area contributed by atoms with Crippen molar-refractivity contribution in [3.63, 3.8) is 0 Å². The first kappa shape index (κ1) is 22.5. The van der Waals surface area contributed by atoms with Crippen molar-refractivity contribution < 1.29 is 9.47 Å². The summed E-state index contributed by atoms with van der Waals surface area (Å²) in [5, 5.41) is 6.35. The molecule has 0 unspecified atom stereocenters. The Morgan fingerprint density at radius 3 is 2.38 bits per heavy atom. The Morgan fingerprint density at radius 1 is 1.06 bits per heavy atom. The zero-order valence-electron chi connectivity index (χ0n) is 18.7. The molecule has 0 aliphatic carbocycles. The van der Waals surface area contributed by atoms with Crippen LogP contribution in [-0.4, -0.2) is 42.2 Å². The summed E-state index contributed by atoms with van der Waals surface area (Å²) >= 11 is 6.25. The summed E-state index contributed by atoms with van der Waals surface area (Å²) < 4.78 is 11.5. The molecular weight excluding hydrogens is 424 g/mol. The van der Waals surface area contributed by atoms with Gasteiger partial charge in [0.15, 0.2) is 0 Å². The number of hydrogen-bond donors (Lipinski definition) is 2. The molecule has 0 radical (unpaired) electrons. The predicted molar refractivity (Wildman–Crippen MR) is 132 cm³/mol. The molecule has 32 heavy (non-hydrogen) atoms. The number of ether oxygens (including phenoxy) is 2. The number of rotatable bonds is 8. The molecule has 3 N–H and O–H groups in total. The van der Waals surface area contributed by atoms with Crippen LogP contribution in [0.2, 0.25) is 5.15 Å². The highest BCUT2D eigenvalue weighted by Crippen LogP contribution is 2.34. The lowest BCUT2D eigenvalue weighted by Crippen LogP contribution is -2.38. The molecule has 1 saturated heterocycles. The summed E-state index contributed by atoms with van der Waals surface area (Å²) in [5.41, 5.74) is 7.94. The maximum absolute atomic E-state index is 6.25. The molecule has 2 aromatic carbocycles. The van der Waals surface area contributed by atoms with Crippen LogP contribution in [0.1, 0.15) is 32.3 Å². The summed E-state index contributed by atoms with van der Waals surface area (Å²) in [4.78, 5) is 7.00. The second kappa shape index (κ2) is 10.3.